The van der Waals surface area contributed by atoms with Crippen molar-refractivity contribution in [3.05, 3.63) is 0 Å². The van der Waals surface area contributed by atoms with Gasteiger partial charge in [-0.15, -0.1) is 0 Å². The van der Waals surface area contributed by atoms with Gasteiger partial charge >= 0.3 is 0 Å². The molecule has 0 radical (unpaired) electrons. The molecule has 1 heterocycles. The number of amides is 1. The number of rotatable bonds is 2. The molecule has 1 fully saturated rings. The van der Waals surface area contributed by atoms with E-state index in [1.54, 1.807) is 0 Å². The van der Waals surface area contributed by atoms with Crippen molar-refractivity contribution in [2.24, 2.45) is 5.73 Å². The molecular formula is C7H15N3O. The Morgan fingerprint density at radius 3 is 2.64 bits per heavy atom. The normalized spacial score (nSPS) is 26.3. The molecule has 0 spiro atoms. The lowest BCUT2D eigenvalue weighted by atomic mass is 10.2. The monoisotopic (exact) mass is 157 g/mol. The molecule has 0 aromatic heterocycles. The van der Waals surface area contributed by atoms with Crippen molar-refractivity contribution in [1.82, 2.24) is 10.0 Å². The number of carbonyl (C=O) groups excluding carboxylic acids is 1. The van der Waals surface area contributed by atoms with E-state index in [0.29, 0.717) is 0 Å². The molecule has 1 amide bonds. The quantitative estimate of drug-likeness (QED) is 0.583. The van der Waals surface area contributed by atoms with E-state index < -0.39 is 0 Å². The van der Waals surface area contributed by atoms with Gasteiger partial charge in [0, 0.05) is 20.6 Å². The molecular weight excluding hydrogens is 142 g/mol. The van der Waals surface area contributed by atoms with Gasteiger partial charge in [0.1, 0.15) is 6.04 Å². The van der Waals surface area contributed by atoms with E-state index in [4.69, 9.17) is 5.73 Å². The minimum Gasteiger partial charge on any atom is -0.368 e. The topological polar surface area (TPSA) is 49.6 Å². The van der Waals surface area contributed by atoms with E-state index in [-0.39, 0.29) is 11.9 Å². The first kappa shape index (κ1) is 8.49. The van der Waals surface area contributed by atoms with Crippen LogP contribution in [0.1, 0.15) is 12.8 Å². The van der Waals surface area contributed by atoms with Crippen LogP contribution in [0.3, 0.4) is 0 Å². The van der Waals surface area contributed by atoms with Crippen LogP contribution < -0.4 is 5.73 Å². The second-order valence-corrected chi connectivity index (χ2v) is 3.07. The van der Waals surface area contributed by atoms with Crippen LogP contribution >= 0.6 is 0 Å². The van der Waals surface area contributed by atoms with Crippen LogP contribution in [-0.4, -0.2) is 42.6 Å². The smallest absolute Gasteiger partial charge is 0.236 e. The van der Waals surface area contributed by atoms with Crippen LogP contribution in [0.5, 0.6) is 0 Å². The highest BCUT2D eigenvalue weighted by Gasteiger charge is 2.29. The number of hydrogen-bond donors (Lipinski definition) is 1. The van der Waals surface area contributed by atoms with E-state index in [9.17, 15) is 4.79 Å². The first-order chi connectivity index (χ1) is 5.13. The zero-order valence-electron chi connectivity index (χ0n) is 7.08. The Hall–Kier alpha value is -0.610. The van der Waals surface area contributed by atoms with Crippen LogP contribution in [0.25, 0.3) is 0 Å². The summed E-state index contributed by atoms with van der Waals surface area (Å²) in [7, 11) is 3.86. The Morgan fingerprint density at radius 1 is 1.64 bits per heavy atom. The van der Waals surface area contributed by atoms with Crippen LogP contribution in [-0.2, 0) is 4.79 Å². The summed E-state index contributed by atoms with van der Waals surface area (Å²) in [5, 5.41) is 3.94. The minimum absolute atomic E-state index is 0.0787. The van der Waals surface area contributed by atoms with Gasteiger partial charge in [-0.25, -0.2) is 10.0 Å². The largest absolute Gasteiger partial charge is 0.368 e. The van der Waals surface area contributed by atoms with Crippen molar-refractivity contribution in [2.75, 3.05) is 20.6 Å². The van der Waals surface area contributed by atoms with Crippen molar-refractivity contribution in [1.29, 1.82) is 0 Å². The van der Waals surface area contributed by atoms with Gasteiger partial charge in [0.25, 0.3) is 0 Å². The summed E-state index contributed by atoms with van der Waals surface area (Å²) >= 11 is 0. The van der Waals surface area contributed by atoms with E-state index in [1.807, 2.05) is 24.1 Å². The molecule has 0 aromatic carbocycles. The highest BCUT2D eigenvalue weighted by Crippen LogP contribution is 2.16. The third kappa shape index (κ3) is 1.70. The Labute approximate surface area is 66.9 Å². The summed E-state index contributed by atoms with van der Waals surface area (Å²) in [5.74, 6) is -0.212. The van der Waals surface area contributed by atoms with Gasteiger partial charge in [-0.2, -0.15) is 0 Å². The van der Waals surface area contributed by atoms with Crippen molar-refractivity contribution in [3.8, 4) is 0 Å². The molecule has 1 aliphatic heterocycles. The number of hydrazine groups is 1. The van der Waals surface area contributed by atoms with E-state index in [1.165, 1.54) is 0 Å². The average molecular weight is 157 g/mol. The molecule has 1 rings (SSSR count). The van der Waals surface area contributed by atoms with E-state index in [0.717, 1.165) is 19.4 Å². The lowest BCUT2D eigenvalue weighted by Gasteiger charge is -2.28. The van der Waals surface area contributed by atoms with Gasteiger partial charge in [0.2, 0.25) is 5.91 Å². The summed E-state index contributed by atoms with van der Waals surface area (Å²) in [6, 6.07) is -0.0787. The molecule has 1 unspecified atom stereocenters. The summed E-state index contributed by atoms with van der Waals surface area (Å²) in [5.41, 5.74) is 5.22. The molecule has 4 nitrogen and oxygen atoms in total. The van der Waals surface area contributed by atoms with E-state index in [2.05, 4.69) is 0 Å². The molecule has 0 saturated carbocycles. The Kier molecular flexibility index (Phi) is 2.46. The average Bonchev–Trinajstić information content (AvgIpc) is 2.32. The zero-order valence-corrected chi connectivity index (χ0v) is 7.08. The Bertz CT molecular complexity index is 158. The fourth-order valence-electron chi connectivity index (χ4n) is 1.52. The van der Waals surface area contributed by atoms with Crippen LogP contribution in [0.4, 0.5) is 0 Å². The summed E-state index contributed by atoms with van der Waals surface area (Å²) in [6.45, 7) is 0.945. The Morgan fingerprint density at radius 2 is 2.27 bits per heavy atom. The molecule has 2 N–H and O–H groups in total. The van der Waals surface area contributed by atoms with Crippen molar-refractivity contribution in [3.63, 3.8) is 0 Å². The molecule has 11 heavy (non-hydrogen) atoms. The molecule has 1 aliphatic rings. The predicted octanol–water partition coefficient (Wildman–Crippen LogP) is -0.587. The highest BCUT2D eigenvalue weighted by atomic mass is 16.1. The molecule has 4 heteroatoms. The van der Waals surface area contributed by atoms with Crippen LogP contribution in [0.15, 0.2) is 0 Å². The lowest BCUT2D eigenvalue weighted by Crippen LogP contribution is -2.47. The SMILES string of the molecule is CN(C)N1CCCC1C(N)=O. The molecule has 1 saturated heterocycles. The molecule has 0 aromatic rings. The van der Waals surface area contributed by atoms with Crippen molar-refractivity contribution >= 4 is 5.91 Å². The maximum absolute atomic E-state index is 10.9. The van der Waals surface area contributed by atoms with Crippen LogP contribution in [0.2, 0.25) is 0 Å². The van der Waals surface area contributed by atoms with Gasteiger partial charge in [0.15, 0.2) is 0 Å². The van der Waals surface area contributed by atoms with Gasteiger partial charge < -0.3 is 5.73 Å². The number of nitrogens with two attached hydrogens (primary N) is 1. The standard InChI is InChI=1S/C7H15N3O/c1-9(2)10-5-3-4-6(10)7(8)11/h6H,3-5H2,1-2H3,(H2,8,11). The van der Waals surface area contributed by atoms with Crippen LogP contribution in [0, 0.1) is 0 Å². The second-order valence-electron chi connectivity index (χ2n) is 3.07. The summed E-state index contributed by atoms with van der Waals surface area (Å²) < 4.78 is 0. The molecule has 0 bridgehead atoms. The number of carbonyl (C=O) groups is 1. The fourth-order valence-corrected chi connectivity index (χ4v) is 1.52. The number of hydrogen-bond acceptors (Lipinski definition) is 3. The maximum Gasteiger partial charge on any atom is 0.236 e. The van der Waals surface area contributed by atoms with Crippen molar-refractivity contribution < 1.29 is 4.79 Å². The molecule has 64 valence electrons. The maximum atomic E-state index is 10.9. The number of nitrogens with zero attached hydrogens (tertiary/aromatic N) is 2. The predicted molar refractivity (Wildman–Crippen MR) is 42.6 cm³/mol. The third-order valence-electron chi connectivity index (χ3n) is 2.07. The summed E-state index contributed by atoms with van der Waals surface area (Å²) in [6.07, 6.45) is 1.96. The van der Waals surface area contributed by atoms with Gasteiger partial charge in [-0.3, -0.25) is 4.79 Å². The van der Waals surface area contributed by atoms with E-state index >= 15 is 0 Å². The first-order valence-corrected chi connectivity index (χ1v) is 3.86. The molecule has 1 atom stereocenters. The lowest BCUT2D eigenvalue weighted by molar-refractivity contribution is -0.127. The fraction of sp³-hybridized carbons (Fsp3) is 0.857. The Balaban J connectivity index is 2.58. The highest BCUT2D eigenvalue weighted by molar-refractivity contribution is 5.80. The van der Waals surface area contributed by atoms with Crippen molar-refractivity contribution in [2.45, 2.75) is 18.9 Å². The van der Waals surface area contributed by atoms with Gasteiger partial charge in [-0.1, -0.05) is 0 Å². The zero-order chi connectivity index (χ0) is 8.43. The number of primary amides is 1. The summed E-state index contributed by atoms with van der Waals surface area (Å²) in [4.78, 5) is 10.9. The van der Waals surface area contributed by atoms with Gasteiger partial charge in [-0.05, 0) is 12.8 Å². The van der Waals surface area contributed by atoms with Gasteiger partial charge in [0.05, 0.1) is 0 Å². The first-order valence-electron chi connectivity index (χ1n) is 3.86. The third-order valence-corrected chi connectivity index (χ3v) is 2.07. The minimum atomic E-state index is -0.212. The second kappa shape index (κ2) is 3.19. The molecule has 0 aliphatic carbocycles.